The van der Waals surface area contributed by atoms with Gasteiger partial charge in [-0.15, -0.1) is 0 Å². The Morgan fingerprint density at radius 2 is 2.19 bits per heavy atom. The van der Waals surface area contributed by atoms with E-state index in [9.17, 15) is 4.79 Å². The monoisotopic (exact) mass is 422 g/mol. The summed E-state index contributed by atoms with van der Waals surface area (Å²) in [6.07, 6.45) is 1.61. The quantitative estimate of drug-likeness (QED) is 0.631. The summed E-state index contributed by atoms with van der Waals surface area (Å²) in [5.41, 5.74) is 5.07. The van der Waals surface area contributed by atoms with Gasteiger partial charge in [0.2, 0.25) is 5.96 Å². The number of amidine groups is 1. The summed E-state index contributed by atoms with van der Waals surface area (Å²) < 4.78 is 0.886. The van der Waals surface area contributed by atoms with Gasteiger partial charge in [-0.25, -0.2) is 9.98 Å². The van der Waals surface area contributed by atoms with E-state index in [1.807, 2.05) is 24.0 Å². The number of hydrogen-bond donors (Lipinski definition) is 2. The van der Waals surface area contributed by atoms with Crippen LogP contribution in [0.2, 0.25) is 0 Å². The molecule has 0 saturated heterocycles. The highest BCUT2D eigenvalue weighted by molar-refractivity contribution is 9.10. The van der Waals surface area contributed by atoms with Crippen molar-refractivity contribution in [2.45, 2.75) is 6.92 Å². The topological polar surface area (TPSA) is 85.7 Å². The number of aliphatic imine (C=N–C) groups is 2. The summed E-state index contributed by atoms with van der Waals surface area (Å²) in [6, 6.07) is 9.46. The molecule has 0 atom stereocenters. The van der Waals surface area contributed by atoms with E-state index in [1.165, 1.54) is 0 Å². The molecular weight excluding hydrogens is 408 g/mol. The van der Waals surface area contributed by atoms with Gasteiger partial charge in [-0.1, -0.05) is 0 Å². The van der Waals surface area contributed by atoms with Crippen LogP contribution in [0.4, 0.5) is 5.69 Å². The lowest BCUT2D eigenvalue weighted by Crippen LogP contribution is -2.47. The van der Waals surface area contributed by atoms with Crippen molar-refractivity contribution < 1.29 is 4.79 Å². The van der Waals surface area contributed by atoms with Crippen molar-refractivity contribution in [2.75, 3.05) is 13.1 Å². The van der Waals surface area contributed by atoms with Gasteiger partial charge in [0.25, 0.3) is 5.91 Å². The fourth-order valence-electron chi connectivity index (χ4n) is 3.41. The number of aryl methyl sites for hydroxylation is 1. The van der Waals surface area contributed by atoms with Crippen LogP contribution in [0, 0.1) is 6.92 Å². The smallest absolute Gasteiger partial charge is 0.258 e. The fourth-order valence-corrected chi connectivity index (χ4v) is 4.07. The average Bonchev–Trinajstić information content (AvgIpc) is 3.31. The lowest BCUT2D eigenvalue weighted by molar-refractivity contribution is 0.0974. The van der Waals surface area contributed by atoms with Gasteiger partial charge >= 0.3 is 0 Å². The normalized spacial score (nSPS) is 15.3. The molecular formula is C19H15BrN6O. The maximum atomic E-state index is 12.8. The molecule has 0 fully saturated rings. The number of H-pyrrole nitrogens is 1. The second kappa shape index (κ2) is 6.02. The van der Waals surface area contributed by atoms with Crippen LogP contribution in [0.5, 0.6) is 0 Å². The Hall–Kier alpha value is -3.00. The van der Waals surface area contributed by atoms with Gasteiger partial charge in [-0.3, -0.25) is 20.0 Å². The Kier molecular flexibility index (Phi) is 3.61. The molecule has 2 aliphatic rings. The molecule has 134 valence electrons. The van der Waals surface area contributed by atoms with E-state index in [1.54, 1.807) is 18.5 Å². The molecule has 7 nitrogen and oxygen atoms in total. The van der Waals surface area contributed by atoms with Gasteiger partial charge in [-0.05, 0) is 58.7 Å². The number of benzene rings is 2. The van der Waals surface area contributed by atoms with Crippen molar-refractivity contribution in [3.8, 4) is 0 Å². The van der Waals surface area contributed by atoms with Crippen LogP contribution in [0.1, 0.15) is 21.5 Å². The molecule has 0 unspecified atom stereocenters. The van der Waals surface area contributed by atoms with E-state index in [4.69, 9.17) is 4.99 Å². The lowest BCUT2D eigenvalue weighted by Gasteiger charge is -2.28. The number of carbonyl (C=O) groups excluding carboxylic acids is 1. The molecule has 0 radical (unpaired) electrons. The predicted molar refractivity (Wildman–Crippen MR) is 108 cm³/mol. The number of rotatable bonds is 1. The molecule has 1 amide bonds. The van der Waals surface area contributed by atoms with Crippen molar-refractivity contribution >= 4 is 50.4 Å². The second-order valence-corrected chi connectivity index (χ2v) is 7.38. The Morgan fingerprint density at radius 3 is 3.07 bits per heavy atom. The zero-order chi connectivity index (χ0) is 18.5. The van der Waals surface area contributed by atoms with E-state index >= 15 is 0 Å². The van der Waals surface area contributed by atoms with Crippen molar-refractivity contribution in [1.82, 2.24) is 20.2 Å². The van der Waals surface area contributed by atoms with Crippen LogP contribution in [0.15, 0.2) is 51.1 Å². The van der Waals surface area contributed by atoms with Gasteiger partial charge in [0, 0.05) is 22.1 Å². The summed E-state index contributed by atoms with van der Waals surface area (Å²) in [6.45, 7) is 3.41. The Bertz CT molecular complexity index is 1160. The number of hydrogen-bond acceptors (Lipinski definition) is 5. The Morgan fingerprint density at radius 1 is 1.30 bits per heavy atom. The average molecular weight is 423 g/mol. The fraction of sp³-hybridized carbons (Fsp3) is 0.158. The maximum absolute atomic E-state index is 12.8. The highest BCUT2D eigenvalue weighted by Gasteiger charge is 2.31. The zero-order valence-electron chi connectivity index (χ0n) is 14.5. The molecule has 0 bridgehead atoms. The number of carbonyl (C=O) groups is 1. The molecule has 2 aliphatic heterocycles. The Labute approximate surface area is 163 Å². The molecule has 2 N–H and O–H groups in total. The number of imidazole rings is 1. The standard InChI is InChI=1S/C19H15BrN6O/c1-10-6-12-16(13(20)7-10)24-19(26-5-4-21-17(12)26)25-18(27)11-2-3-14-15(8-11)23-9-22-14/h2-3,6-9H,4-5H2,1H3,(H,22,23)(H,24,25,27). The highest BCUT2D eigenvalue weighted by atomic mass is 79.9. The number of aromatic amines is 1. The SMILES string of the molecule is Cc1cc(Br)c2c(c1)C1=NCCN1C(NC(=O)c1ccc3[nH]cnc3c1)=N2. The predicted octanol–water partition coefficient (Wildman–Crippen LogP) is 3.13. The largest absolute Gasteiger partial charge is 0.345 e. The molecule has 5 rings (SSSR count). The first-order valence-corrected chi connectivity index (χ1v) is 9.35. The summed E-state index contributed by atoms with van der Waals surface area (Å²) in [4.78, 5) is 31.3. The third kappa shape index (κ3) is 2.64. The van der Waals surface area contributed by atoms with E-state index < -0.39 is 0 Å². The van der Waals surface area contributed by atoms with Gasteiger partial charge in [0.1, 0.15) is 5.84 Å². The van der Waals surface area contributed by atoms with Gasteiger partial charge in [0.05, 0.1) is 29.6 Å². The molecule has 3 aromatic rings. The molecule has 2 aromatic carbocycles. The second-order valence-electron chi connectivity index (χ2n) is 6.52. The number of guanidine groups is 1. The van der Waals surface area contributed by atoms with Crippen LogP contribution < -0.4 is 5.32 Å². The maximum Gasteiger partial charge on any atom is 0.258 e. The summed E-state index contributed by atoms with van der Waals surface area (Å²) in [7, 11) is 0. The molecule has 1 aromatic heterocycles. The Balaban J connectivity index is 1.53. The number of amides is 1. The van der Waals surface area contributed by atoms with Crippen molar-refractivity contribution in [2.24, 2.45) is 9.98 Å². The first-order valence-electron chi connectivity index (χ1n) is 8.56. The first kappa shape index (κ1) is 16.2. The van der Waals surface area contributed by atoms with Crippen molar-refractivity contribution in [3.63, 3.8) is 0 Å². The van der Waals surface area contributed by atoms with Crippen molar-refractivity contribution in [1.29, 1.82) is 0 Å². The van der Waals surface area contributed by atoms with Crippen molar-refractivity contribution in [3.05, 3.63) is 57.8 Å². The first-order chi connectivity index (χ1) is 13.1. The molecule has 8 heteroatoms. The minimum absolute atomic E-state index is 0.225. The third-order valence-electron chi connectivity index (χ3n) is 4.67. The number of aromatic nitrogens is 2. The van der Waals surface area contributed by atoms with E-state index in [0.29, 0.717) is 24.6 Å². The van der Waals surface area contributed by atoms with E-state index in [0.717, 1.165) is 38.2 Å². The van der Waals surface area contributed by atoms with Gasteiger partial charge in [0.15, 0.2) is 0 Å². The van der Waals surface area contributed by atoms with Crippen LogP contribution in [0.25, 0.3) is 11.0 Å². The number of halogens is 1. The summed E-state index contributed by atoms with van der Waals surface area (Å²) in [5, 5.41) is 2.94. The number of nitrogens with one attached hydrogen (secondary N) is 2. The minimum atomic E-state index is -0.225. The van der Waals surface area contributed by atoms with Crippen LogP contribution >= 0.6 is 15.9 Å². The van der Waals surface area contributed by atoms with Crippen LogP contribution in [-0.2, 0) is 0 Å². The number of fused-ring (bicyclic) bond motifs is 4. The minimum Gasteiger partial charge on any atom is -0.345 e. The molecule has 27 heavy (non-hydrogen) atoms. The van der Waals surface area contributed by atoms with Gasteiger partial charge in [-0.2, -0.15) is 0 Å². The van der Waals surface area contributed by atoms with E-state index in [-0.39, 0.29) is 5.91 Å². The third-order valence-corrected chi connectivity index (χ3v) is 5.28. The summed E-state index contributed by atoms with van der Waals surface area (Å²) in [5.74, 6) is 1.12. The molecule has 0 aliphatic carbocycles. The number of nitrogens with zero attached hydrogens (tertiary/aromatic N) is 4. The van der Waals surface area contributed by atoms with Gasteiger partial charge < -0.3 is 4.98 Å². The molecule has 0 saturated carbocycles. The zero-order valence-corrected chi connectivity index (χ0v) is 16.0. The highest BCUT2D eigenvalue weighted by Crippen LogP contribution is 2.36. The lowest BCUT2D eigenvalue weighted by atomic mass is 10.1. The summed E-state index contributed by atoms with van der Waals surface area (Å²) >= 11 is 3.59. The van der Waals surface area contributed by atoms with Crippen LogP contribution in [-0.4, -0.2) is 45.7 Å². The van der Waals surface area contributed by atoms with E-state index in [2.05, 4.69) is 42.3 Å². The molecule has 3 heterocycles. The van der Waals surface area contributed by atoms with Crippen LogP contribution in [0.3, 0.4) is 0 Å². The molecule has 0 spiro atoms.